The van der Waals surface area contributed by atoms with Crippen molar-refractivity contribution in [3.8, 4) is 0 Å². The molecule has 0 bridgehead atoms. The highest BCUT2D eigenvalue weighted by Crippen LogP contribution is 2.23. The van der Waals surface area contributed by atoms with Crippen molar-refractivity contribution < 1.29 is 9.53 Å². The van der Waals surface area contributed by atoms with Crippen molar-refractivity contribution in [1.82, 2.24) is 10.6 Å². The van der Waals surface area contributed by atoms with Gasteiger partial charge >= 0.3 is 6.09 Å². The van der Waals surface area contributed by atoms with Crippen LogP contribution in [0, 0.1) is 0 Å². The largest absolute Gasteiger partial charge is 0.444 e. The molecular formula is C16H24BrClN2O2. The molecule has 0 saturated carbocycles. The number of alkyl carbamates (subject to hydrolysis) is 1. The van der Waals surface area contributed by atoms with Crippen molar-refractivity contribution in [2.24, 2.45) is 0 Å². The SMILES string of the molecule is CC(CCNCc1ccc(Br)c(Cl)c1)NC(=O)OC(C)(C)C. The second kappa shape index (κ2) is 8.75. The first-order valence-corrected chi connectivity index (χ1v) is 8.48. The first-order valence-electron chi connectivity index (χ1n) is 7.31. The number of halogens is 2. The summed E-state index contributed by atoms with van der Waals surface area (Å²) in [6.07, 6.45) is 0.448. The van der Waals surface area contributed by atoms with Crippen molar-refractivity contribution in [3.05, 3.63) is 33.3 Å². The van der Waals surface area contributed by atoms with Gasteiger partial charge in [-0.2, -0.15) is 0 Å². The Labute approximate surface area is 146 Å². The van der Waals surface area contributed by atoms with E-state index < -0.39 is 5.60 Å². The summed E-state index contributed by atoms with van der Waals surface area (Å²) in [5.74, 6) is 0. The Morgan fingerprint density at radius 1 is 1.41 bits per heavy atom. The second-order valence-corrected chi connectivity index (χ2v) is 7.52. The maximum atomic E-state index is 11.6. The molecule has 1 amide bonds. The molecule has 6 heteroatoms. The molecule has 1 rings (SSSR count). The fourth-order valence-corrected chi connectivity index (χ4v) is 2.23. The van der Waals surface area contributed by atoms with Gasteiger partial charge in [0, 0.05) is 17.1 Å². The van der Waals surface area contributed by atoms with Gasteiger partial charge in [0.2, 0.25) is 0 Å². The lowest BCUT2D eigenvalue weighted by Gasteiger charge is -2.22. The van der Waals surface area contributed by atoms with Crippen molar-refractivity contribution in [3.63, 3.8) is 0 Å². The highest BCUT2D eigenvalue weighted by atomic mass is 79.9. The van der Waals surface area contributed by atoms with Crippen molar-refractivity contribution in [2.75, 3.05) is 6.54 Å². The molecule has 0 aliphatic carbocycles. The minimum atomic E-state index is -0.469. The molecule has 1 atom stereocenters. The van der Waals surface area contributed by atoms with Gasteiger partial charge in [0.15, 0.2) is 0 Å². The third-order valence-corrected chi connectivity index (χ3v) is 4.06. The molecular weight excluding hydrogens is 368 g/mol. The average molecular weight is 392 g/mol. The van der Waals surface area contributed by atoms with Gasteiger partial charge in [-0.25, -0.2) is 4.79 Å². The maximum absolute atomic E-state index is 11.6. The summed E-state index contributed by atoms with van der Waals surface area (Å²) in [5, 5.41) is 6.87. The Morgan fingerprint density at radius 2 is 2.09 bits per heavy atom. The fourth-order valence-electron chi connectivity index (χ4n) is 1.78. The van der Waals surface area contributed by atoms with Crippen LogP contribution in [0.2, 0.25) is 5.02 Å². The van der Waals surface area contributed by atoms with E-state index >= 15 is 0 Å². The fraction of sp³-hybridized carbons (Fsp3) is 0.562. The summed E-state index contributed by atoms with van der Waals surface area (Å²) < 4.78 is 6.12. The smallest absolute Gasteiger partial charge is 0.407 e. The lowest BCUT2D eigenvalue weighted by Crippen LogP contribution is -2.38. The Hall–Kier alpha value is -0.780. The molecule has 0 aliphatic rings. The number of ether oxygens (including phenoxy) is 1. The first kappa shape index (κ1) is 19.3. The summed E-state index contributed by atoms with van der Waals surface area (Å²) in [4.78, 5) is 11.6. The van der Waals surface area contributed by atoms with Crippen LogP contribution in [0.15, 0.2) is 22.7 Å². The zero-order valence-corrected chi connectivity index (χ0v) is 15.8. The van der Waals surface area contributed by atoms with Gasteiger partial charge in [0.05, 0.1) is 5.02 Å². The highest BCUT2D eigenvalue weighted by Gasteiger charge is 2.17. The molecule has 0 fully saturated rings. The van der Waals surface area contributed by atoms with Gasteiger partial charge in [0.25, 0.3) is 0 Å². The summed E-state index contributed by atoms with van der Waals surface area (Å²) >= 11 is 9.42. The number of hydrogen-bond donors (Lipinski definition) is 2. The molecule has 0 aliphatic heterocycles. The molecule has 0 spiro atoms. The van der Waals surface area contributed by atoms with E-state index in [1.807, 2.05) is 45.9 Å². The normalized spacial score (nSPS) is 12.8. The number of hydrogen-bond acceptors (Lipinski definition) is 3. The molecule has 0 radical (unpaired) electrons. The number of carbonyl (C=O) groups is 1. The Balaban J connectivity index is 2.23. The van der Waals surface area contributed by atoms with Crippen LogP contribution in [-0.2, 0) is 11.3 Å². The zero-order chi connectivity index (χ0) is 16.8. The number of nitrogens with one attached hydrogen (secondary N) is 2. The van der Waals surface area contributed by atoms with E-state index in [1.54, 1.807) is 0 Å². The molecule has 0 saturated heterocycles. The minimum Gasteiger partial charge on any atom is -0.444 e. The monoisotopic (exact) mass is 390 g/mol. The first-order chi connectivity index (χ1) is 10.2. The van der Waals surface area contributed by atoms with Crippen LogP contribution >= 0.6 is 27.5 Å². The van der Waals surface area contributed by atoms with E-state index in [2.05, 4.69) is 26.6 Å². The summed E-state index contributed by atoms with van der Waals surface area (Å²) in [5.41, 5.74) is 0.657. The Bertz CT molecular complexity index is 503. The molecule has 0 aromatic heterocycles. The van der Waals surface area contributed by atoms with E-state index in [9.17, 15) is 4.79 Å². The van der Waals surface area contributed by atoms with E-state index in [0.29, 0.717) is 5.02 Å². The third kappa shape index (κ3) is 8.01. The molecule has 1 unspecified atom stereocenters. The maximum Gasteiger partial charge on any atom is 0.407 e. The molecule has 1 aromatic carbocycles. The van der Waals surface area contributed by atoms with Crippen LogP contribution in [0.25, 0.3) is 0 Å². The second-order valence-electron chi connectivity index (χ2n) is 6.26. The molecule has 0 heterocycles. The lowest BCUT2D eigenvalue weighted by molar-refractivity contribution is 0.0506. The van der Waals surface area contributed by atoms with Crippen LogP contribution in [0.3, 0.4) is 0 Å². The lowest BCUT2D eigenvalue weighted by atomic mass is 10.2. The zero-order valence-electron chi connectivity index (χ0n) is 13.5. The standard InChI is InChI=1S/C16H24BrClN2O2/c1-11(20-15(21)22-16(2,3)4)7-8-19-10-12-5-6-13(17)14(18)9-12/h5-6,9,11,19H,7-8,10H2,1-4H3,(H,20,21). The molecule has 4 nitrogen and oxygen atoms in total. The Morgan fingerprint density at radius 3 is 2.68 bits per heavy atom. The molecule has 124 valence electrons. The predicted octanol–water partition coefficient (Wildman–Crippen LogP) is 4.50. The van der Waals surface area contributed by atoms with Crippen molar-refractivity contribution in [1.29, 1.82) is 0 Å². The van der Waals surface area contributed by atoms with E-state index in [0.717, 1.165) is 29.5 Å². The van der Waals surface area contributed by atoms with Crippen LogP contribution in [-0.4, -0.2) is 24.3 Å². The number of benzene rings is 1. The molecule has 2 N–H and O–H groups in total. The topological polar surface area (TPSA) is 50.4 Å². The quantitative estimate of drug-likeness (QED) is 0.702. The van der Waals surface area contributed by atoms with Crippen LogP contribution in [0.4, 0.5) is 4.79 Å². The third-order valence-electron chi connectivity index (χ3n) is 2.83. The summed E-state index contributed by atoms with van der Waals surface area (Å²) in [7, 11) is 0. The van der Waals surface area contributed by atoms with E-state index in [1.165, 1.54) is 0 Å². The predicted molar refractivity (Wildman–Crippen MR) is 94.3 cm³/mol. The molecule has 1 aromatic rings. The van der Waals surface area contributed by atoms with Gasteiger partial charge in [0.1, 0.15) is 5.60 Å². The Kier molecular flexibility index (Phi) is 7.66. The van der Waals surface area contributed by atoms with Crippen LogP contribution in [0.1, 0.15) is 39.7 Å². The molecule has 22 heavy (non-hydrogen) atoms. The van der Waals surface area contributed by atoms with E-state index in [4.69, 9.17) is 16.3 Å². The average Bonchev–Trinajstić information content (AvgIpc) is 2.36. The van der Waals surface area contributed by atoms with Gasteiger partial charge in [-0.05, 0) is 74.3 Å². The van der Waals surface area contributed by atoms with E-state index in [-0.39, 0.29) is 12.1 Å². The number of carbonyl (C=O) groups excluding carboxylic acids is 1. The minimum absolute atomic E-state index is 0.0517. The van der Waals surface area contributed by atoms with Crippen molar-refractivity contribution in [2.45, 2.75) is 52.3 Å². The van der Waals surface area contributed by atoms with Gasteiger partial charge < -0.3 is 15.4 Å². The van der Waals surface area contributed by atoms with Crippen LogP contribution in [0.5, 0.6) is 0 Å². The number of rotatable bonds is 6. The summed E-state index contributed by atoms with van der Waals surface area (Å²) in [6.45, 7) is 9.05. The summed E-state index contributed by atoms with van der Waals surface area (Å²) in [6, 6.07) is 5.94. The van der Waals surface area contributed by atoms with Crippen molar-refractivity contribution >= 4 is 33.6 Å². The van der Waals surface area contributed by atoms with Gasteiger partial charge in [-0.1, -0.05) is 17.7 Å². The van der Waals surface area contributed by atoms with Gasteiger partial charge in [-0.15, -0.1) is 0 Å². The highest BCUT2D eigenvalue weighted by molar-refractivity contribution is 9.10. The number of amides is 1. The van der Waals surface area contributed by atoms with Crippen LogP contribution < -0.4 is 10.6 Å². The van der Waals surface area contributed by atoms with Gasteiger partial charge in [-0.3, -0.25) is 0 Å².